The highest BCUT2D eigenvalue weighted by Crippen LogP contribution is 2.19. The van der Waals surface area contributed by atoms with Gasteiger partial charge in [-0.15, -0.1) is 0 Å². The maximum absolute atomic E-state index is 11.8. The van der Waals surface area contributed by atoms with Crippen molar-refractivity contribution < 1.29 is 9.53 Å². The van der Waals surface area contributed by atoms with Crippen LogP contribution in [-0.4, -0.2) is 24.1 Å². The molecule has 5 heteroatoms. The van der Waals surface area contributed by atoms with Gasteiger partial charge < -0.3 is 10.1 Å². The Morgan fingerprint density at radius 3 is 3.20 bits per heavy atom. The maximum Gasteiger partial charge on any atom is 0.309 e. The van der Waals surface area contributed by atoms with E-state index in [-0.39, 0.29) is 18.5 Å². The molecule has 0 spiro atoms. The van der Waals surface area contributed by atoms with Crippen LogP contribution in [0.4, 0.5) is 5.82 Å². The lowest BCUT2D eigenvalue weighted by atomic mass is 9.95. The van der Waals surface area contributed by atoms with E-state index in [4.69, 9.17) is 10.00 Å². The summed E-state index contributed by atoms with van der Waals surface area (Å²) >= 11 is 0. The molecule has 1 heterocycles. The summed E-state index contributed by atoms with van der Waals surface area (Å²) in [5, 5.41) is 11.9. The highest BCUT2D eigenvalue weighted by atomic mass is 16.5. The number of ether oxygens (including phenoxy) is 1. The van der Waals surface area contributed by atoms with Crippen LogP contribution in [0.3, 0.4) is 0 Å². The maximum atomic E-state index is 11.8. The second-order valence-corrected chi connectivity index (χ2v) is 4.59. The second kappa shape index (κ2) is 7.29. The molecule has 0 saturated heterocycles. The van der Waals surface area contributed by atoms with Crippen LogP contribution in [-0.2, 0) is 9.53 Å². The molecule has 1 aliphatic carbocycles. The zero-order valence-electron chi connectivity index (χ0n) is 11.2. The van der Waals surface area contributed by atoms with Gasteiger partial charge in [0.2, 0.25) is 0 Å². The van der Waals surface area contributed by atoms with E-state index >= 15 is 0 Å². The number of nitrogens with zero attached hydrogens (tertiary/aromatic N) is 2. The van der Waals surface area contributed by atoms with Crippen molar-refractivity contribution in [2.24, 2.45) is 5.92 Å². The quantitative estimate of drug-likeness (QED) is 0.505. The van der Waals surface area contributed by atoms with Crippen LogP contribution in [0, 0.1) is 17.2 Å². The van der Waals surface area contributed by atoms with Crippen LogP contribution in [0.2, 0.25) is 0 Å². The van der Waals surface area contributed by atoms with Gasteiger partial charge in [-0.2, -0.15) is 5.26 Å². The van der Waals surface area contributed by atoms with Crippen molar-refractivity contribution in [3.05, 3.63) is 36.0 Å². The highest BCUT2D eigenvalue weighted by Gasteiger charge is 2.19. The summed E-state index contributed by atoms with van der Waals surface area (Å²) < 4.78 is 5.23. The molecule has 2 rings (SSSR count). The van der Waals surface area contributed by atoms with Crippen molar-refractivity contribution in [1.29, 1.82) is 5.26 Å². The fourth-order valence-electron chi connectivity index (χ4n) is 2.08. The third-order valence-corrected chi connectivity index (χ3v) is 3.17. The number of esters is 1. The molecular weight excluding hydrogens is 254 g/mol. The monoisotopic (exact) mass is 271 g/mol. The molecule has 0 aromatic carbocycles. The number of anilines is 1. The van der Waals surface area contributed by atoms with Crippen LogP contribution in [0.1, 0.15) is 24.8 Å². The van der Waals surface area contributed by atoms with E-state index in [9.17, 15) is 4.79 Å². The minimum Gasteiger partial charge on any atom is -0.464 e. The van der Waals surface area contributed by atoms with Crippen molar-refractivity contribution >= 4 is 11.8 Å². The number of hydrogen-bond acceptors (Lipinski definition) is 5. The molecule has 0 unspecified atom stereocenters. The molecule has 0 bridgehead atoms. The fraction of sp³-hybridized carbons (Fsp3) is 0.400. The smallest absolute Gasteiger partial charge is 0.309 e. The summed E-state index contributed by atoms with van der Waals surface area (Å²) in [7, 11) is 0. The van der Waals surface area contributed by atoms with Crippen molar-refractivity contribution in [3.63, 3.8) is 0 Å². The van der Waals surface area contributed by atoms with Crippen LogP contribution in [0.25, 0.3) is 0 Å². The van der Waals surface area contributed by atoms with Crippen molar-refractivity contribution in [2.45, 2.75) is 19.3 Å². The first-order chi connectivity index (χ1) is 9.81. The van der Waals surface area contributed by atoms with Crippen molar-refractivity contribution in [3.8, 4) is 6.07 Å². The van der Waals surface area contributed by atoms with Crippen LogP contribution >= 0.6 is 0 Å². The third kappa shape index (κ3) is 3.82. The van der Waals surface area contributed by atoms with E-state index in [1.165, 1.54) is 0 Å². The van der Waals surface area contributed by atoms with Crippen LogP contribution in [0.15, 0.2) is 30.5 Å². The molecular formula is C15H17N3O2. The Morgan fingerprint density at radius 1 is 1.55 bits per heavy atom. The van der Waals surface area contributed by atoms with E-state index in [0.717, 1.165) is 19.3 Å². The SMILES string of the molecule is N#Cc1cccnc1NCCOC(=O)[C@@H]1CC=CCC1. The van der Waals surface area contributed by atoms with Gasteiger partial charge in [-0.05, 0) is 31.4 Å². The molecule has 20 heavy (non-hydrogen) atoms. The van der Waals surface area contributed by atoms with E-state index in [1.54, 1.807) is 18.3 Å². The first-order valence-electron chi connectivity index (χ1n) is 6.72. The van der Waals surface area contributed by atoms with Crippen molar-refractivity contribution in [2.75, 3.05) is 18.5 Å². The molecule has 0 fully saturated rings. The summed E-state index contributed by atoms with van der Waals surface area (Å²) in [5.41, 5.74) is 0.483. The molecule has 5 nitrogen and oxygen atoms in total. The van der Waals surface area contributed by atoms with Gasteiger partial charge in [0.25, 0.3) is 0 Å². The largest absolute Gasteiger partial charge is 0.464 e. The van der Waals surface area contributed by atoms with E-state index in [0.29, 0.717) is 17.9 Å². The van der Waals surface area contributed by atoms with E-state index in [1.807, 2.05) is 6.08 Å². The predicted molar refractivity (Wildman–Crippen MR) is 74.9 cm³/mol. The molecule has 1 atom stereocenters. The van der Waals surface area contributed by atoms with E-state index in [2.05, 4.69) is 22.4 Å². The number of hydrogen-bond donors (Lipinski definition) is 1. The van der Waals surface area contributed by atoms with Gasteiger partial charge in [0, 0.05) is 6.20 Å². The first-order valence-corrected chi connectivity index (χ1v) is 6.72. The Bertz CT molecular complexity index is 534. The summed E-state index contributed by atoms with van der Waals surface area (Å²) in [6, 6.07) is 5.46. The van der Waals surface area contributed by atoms with Crippen LogP contribution < -0.4 is 5.32 Å². The van der Waals surface area contributed by atoms with Gasteiger partial charge in [0.15, 0.2) is 0 Å². The minimum atomic E-state index is -0.141. The van der Waals surface area contributed by atoms with E-state index < -0.39 is 0 Å². The lowest BCUT2D eigenvalue weighted by Crippen LogP contribution is -2.22. The Balaban J connectivity index is 1.72. The zero-order chi connectivity index (χ0) is 14.2. The fourth-order valence-corrected chi connectivity index (χ4v) is 2.08. The normalized spacial score (nSPS) is 17.2. The average molecular weight is 271 g/mol. The molecule has 0 aliphatic heterocycles. The molecule has 1 N–H and O–H groups in total. The lowest BCUT2D eigenvalue weighted by Gasteiger charge is -2.16. The standard InChI is InChI=1S/C15H17N3O2/c16-11-13-7-4-8-17-14(13)18-9-10-20-15(19)12-5-2-1-3-6-12/h1-2,4,7-8,12H,3,5-6,9-10H2,(H,17,18)/t12-/m1/s1. The Hall–Kier alpha value is -2.35. The van der Waals surface area contributed by atoms with Gasteiger partial charge in [0.05, 0.1) is 18.0 Å². The Labute approximate surface area is 118 Å². The number of aromatic nitrogens is 1. The number of pyridine rings is 1. The predicted octanol–water partition coefficient (Wildman–Crippen LogP) is 2.26. The number of nitrogens with one attached hydrogen (secondary N) is 1. The number of carbonyl (C=O) groups excluding carboxylic acids is 1. The molecule has 1 aromatic heterocycles. The number of allylic oxidation sites excluding steroid dienone is 2. The molecule has 104 valence electrons. The number of rotatable bonds is 5. The summed E-state index contributed by atoms with van der Waals surface area (Å²) in [5.74, 6) is 0.369. The van der Waals surface area contributed by atoms with Gasteiger partial charge in [-0.3, -0.25) is 4.79 Å². The summed E-state index contributed by atoms with van der Waals surface area (Å²) in [4.78, 5) is 15.9. The zero-order valence-corrected chi connectivity index (χ0v) is 11.2. The van der Waals surface area contributed by atoms with Gasteiger partial charge >= 0.3 is 5.97 Å². The number of carbonyl (C=O) groups is 1. The molecule has 0 radical (unpaired) electrons. The Morgan fingerprint density at radius 2 is 2.45 bits per heavy atom. The van der Waals surface area contributed by atoms with Gasteiger partial charge in [-0.1, -0.05) is 12.2 Å². The lowest BCUT2D eigenvalue weighted by molar-refractivity contribution is -0.148. The molecule has 0 amide bonds. The van der Waals surface area contributed by atoms with Gasteiger partial charge in [-0.25, -0.2) is 4.98 Å². The summed E-state index contributed by atoms with van der Waals surface area (Å²) in [6.07, 6.45) is 8.31. The number of nitriles is 1. The molecule has 1 aliphatic rings. The minimum absolute atomic E-state index is 0.00970. The Kier molecular flexibility index (Phi) is 5.13. The molecule has 0 saturated carbocycles. The average Bonchev–Trinajstić information content (AvgIpc) is 2.52. The molecule has 1 aromatic rings. The first kappa shape index (κ1) is 14.1. The van der Waals surface area contributed by atoms with Crippen LogP contribution in [0.5, 0.6) is 0 Å². The topological polar surface area (TPSA) is 75.0 Å². The third-order valence-electron chi connectivity index (χ3n) is 3.17. The van der Waals surface area contributed by atoms with Gasteiger partial charge in [0.1, 0.15) is 18.5 Å². The summed E-state index contributed by atoms with van der Waals surface area (Å²) in [6.45, 7) is 0.723. The van der Waals surface area contributed by atoms with Crippen molar-refractivity contribution in [1.82, 2.24) is 4.98 Å². The highest BCUT2D eigenvalue weighted by molar-refractivity contribution is 5.72. The second-order valence-electron chi connectivity index (χ2n) is 4.59.